The molecule has 8 heteroatoms. The van der Waals surface area contributed by atoms with Crippen LogP contribution in [0.1, 0.15) is 11.3 Å². The summed E-state index contributed by atoms with van der Waals surface area (Å²) in [5, 5.41) is 32.6. The quantitative estimate of drug-likeness (QED) is 0.544. The largest absolute Gasteiger partial charge is 0.504 e. The molecule has 3 N–H and O–H groups in total. The van der Waals surface area contributed by atoms with Crippen LogP contribution in [0.3, 0.4) is 0 Å². The molecule has 0 atom stereocenters. The smallest absolute Gasteiger partial charge is 0.305 e. The molecule has 2 aromatic heterocycles. The van der Waals surface area contributed by atoms with Crippen molar-refractivity contribution < 1.29 is 20.1 Å². The molecular formula is C17H16N2O4S2. The van der Waals surface area contributed by atoms with Gasteiger partial charge < -0.3 is 20.2 Å². The van der Waals surface area contributed by atoms with Gasteiger partial charge in [-0.15, -0.1) is 22.7 Å². The van der Waals surface area contributed by atoms with Gasteiger partial charge in [-0.25, -0.2) is 4.98 Å². The first-order chi connectivity index (χ1) is 12.0. The van der Waals surface area contributed by atoms with Gasteiger partial charge in [-0.1, -0.05) is 6.07 Å². The number of thiazole rings is 1. The summed E-state index contributed by atoms with van der Waals surface area (Å²) in [5.41, 5.74) is 1.36. The molecule has 0 spiro atoms. The Bertz CT molecular complexity index is 861. The molecule has 130 valence electrons. The lowest BCUT2D eigenvalue weighted by Crippen LogP contribution is -2.25. The minimum Gasteiger partial charge on any atom is -0.504 e. The Balaban J connectivity index is 1.84. The number of anilines is 1. The first-order valence-corrected chi connectivity index (χ1v) is 9.26. The number of rotatable bonds is 7. The summed E-state index contributed by atoms with van der Waals surface area (Å²) in [7, 11) is 0. The van der Waals surface area contributed by atoms with Crippen molar-refractivity contribution in [1.82, 2.24) is 4.98 Å². The highest BCUT2D eigenvalue weighted by atomic mass is 32.1. The topological polar surface area (TPSA) is 93.9 Å². The number of aliphatic carboxylic acids is 1. The Morgan fingerprint density at radius 3 is 2.68 bits per heavy atom. The summed E-state index contributed by atoms with van der Waals surface area (Å²) in [6.07, 6.45) is 0.0281. The van der Waals surface area contributed by atoms with E-state index in [4.69, 9.17) is 5.11 Å². The lowest BCUT2D eigenvalue weighted by molar-refractivity contribution is -0.136. The van der Waals surface area contributed by atoms with Crippen molar-refractivity contribution >= 4 is 33.8 Å². The Labute approximate surface area is 152 Å². The Morgan fingerprint density at radius 2 is 2.00 bits per heavy atom. The summed E-state index contributed by atoms with van der Waals surface area (Å²) in [5.74, 6) is -1.23. The van der Waals surface area contributed by atoms with Gasteiger partial charge in [0.05, 0.1) is 18.7 Å². The molecule has 6 nitrogen and oxygen atoms in total. The number of hydrogen-bond acceptors (Lipinski definition) is 7. The molecule has 0 radical (unpaired) electrons. The minimum atomic E-state index is -0.851. The van der Waals surface area contributed by atoms with Gasteiger partial charge in [-0.05, 0) is 29.6 Å². The van der Waals surface area contributed by atoms with Crippen molar-refractivity contribution in [2.24, 2.45) is 0 Å². The zero-order valence-electron chi connectivity index (χ0n) is 13.1. The van der Waals surface area contributed by atoms with Gasteiger partial charge in [0.15, 0.2) is 16.6 Å². The number of carbonyl (C=O) groups is 1. The Kier molecular flexibility index (Phi) is 5.20. The van der Waals surface area contributed by atoms with Crippen LogP contribution >= 0.6 is 22.7 Å². The van der Waals surface area contributed by atoms with E-state index in [1.807, 2.05) is 27.8 Å². The van der Waals surface area contributed by atoms with E-state index in [1.165, 1.54) is 23.5 Å². The van der Waals surface area contributed by atoms with E-state index in [2.05, 4.69) is 4.98 Å². The van der Waals surface area contributed by atoms with E-state index >= 15 is 0 Å². The standard InChI is InChI=1S/C17H16N2O4S2/c20-14-4-3-11(8-15(14)21)13-10-25-17(18-13)19(6-5-16(22)23)9-12-2-1-7-24-12/h1-4,7-8,10,20-21H,5-6,9H2,(H,22,23). The van der Waals surface area contributed by atoms with Crippen LogP contribution in [0.2, 0.25) is 0 Å². The number of phenols is 2. The van der Waals surface area contributed by atoms with Gasteiger partial charge >= 0.3 is 5.97 Å². The number of benzene rings is 1. The average molecular weight is 376 g/mol. The predicted octanol–water partition coefficient (Wildman–Crippen LogP) is 3.76. The second kappa shape index (κ2) is 7.54. The number of aromatic nitrogens is 1. The highest BCUT2D eigenvalue weighted by Gasteiger charge is 2.15. The Hall–Kier alpha value is -2.58. The highest BCUT2D eigenvalue weighted by Crippen LogP contribution is 2.33. The zero-order chi connectivity index (χ0) is 17.8. The number of nitrogens with zero attached hydrogens (tertiary/aromatic N) is 2. The summed E-state index contributed by atoms with van der Waals surface area (Å²) < 4.78 is 0. The monoisotopic (exact) mass is 376 g/mol. The van der Waals surface area contributed by atoms with Crippen molar-refractivity contribution in [3.05, 3.63) is 46.0 Å². The molecule has 2 heterocycles. The van der Waals surface area contributed by atoms with Gasteiger partial charge in [0.2, 0.25) is 0 Å². The maximum atomic E-state index is 10.9. The first-order valence-electron chi connectivity index (χ1n) is 7.50. The van der Waals surface area contributed by atoms with Crippen LogP contribution in [0.25, 0.3) is 11.3 Å². The number of carboxylic acid groups (broad SMARTS) is 1. The molecule has 0 aliphatic carbocycles. The molecule has 0 aliphatic heterocycles. The lowest BCUT2D eigenvalue weighted by atomic mass is 10.1. The summed E-state index contributed by atoms with van der Waals surface area (Å²) >= 11 is 3.03. The molecule has 3 aromatic rings. The molecule has 0 aliphatic rings. The molecule has 1 aromatic carbocycles. The molecule has 0 amide bonds. The number of carboxylic acids is 1. The normalized spacial score (nSPS) is 10.7. The third-order valence-electron chi connectivity index (χ3n) is 3.56. The van der Waals surface area contributed by atoms with E-state index in [1.54, 1.807) is 17.4 Å². The van der Waals surface area contributed by atoms with Crippen LogP contribution < -0.4 is 4.90 Å². The van der Waals surface area contributed by atoms with E-state index in [9.17, 15) is 15.0 Å². The van der Waals surface area contributed by atoms with Crippen molar-refractivity contribution in [3.63, 3.8) is 0 Å². The molecule has 0 unspecified atom stereocenters. The van der Waals surface area contributed by atoms with Crippen LogP contribution in [0.15, 0.2) is 41.1 Å². The van der Waals surface area contributed by atoms with Crippen molar-refractivity contribution in [1.29, 1.82) is 0 Å². The second-order valence-electron chi connectivity index (χ2n) is 5.36. The molecular weight excluding hydrogens is 360 g/mol. The molecule has 0 fully saturated rings. The van der Waals surface area contributed by atoms with Crippen molar-refractivity contribution in [2.75, 3.05) is 11.4 Å². The van der Waals surface area contributed by atoms with Crippen LogP contribution in [0.5, 0.6) is 11.5 Å². The SMILES string of the molecule is O=C(O)CCN(Cc1cccs1)c1nc(-c2ccc(O)c(O)c2)cs1. The molecule has 3 rings (SSSR count). The fraction of sp³-hybridized carbons (Fsp3) is 0.176. The van der Waals surface area contributed by atoms with Crippen LogP contribution in [-0.2, 0) is 11.3 Å². The number of thiophene rings is 1. The van der Waals surface area contributed by atoms with Crippen molar-refractivity contribution in [2.45, 2.75) is 13.0 Å². The molecule has 0 saturated heterocycles. The summed E-state index contributed by atoms with van der Waals surface area (Å²) in [6.45, 7) is 0.958. The van der Waals surface area contributed by atoms with Gasteiger partial charge in [-0.3, -0.25) is 4.79 Å². The van der Waals surface area contributed by atoms with Crippen LogP contribution in [0, 0.1) is 0 Å². The third-order valence-corrected chi connectivity index (χ3v) is 5.32. The minimum absolute atomic E-state index is 0.0281. The number of hydrogen-bond donors (Lipinski definition) is 3. The molecule has 0 bridgehead atoms. The second-order valence-corrected chi connectivity index (χ2v) is 7.23. The fourth-order valence-corrected chi connectivity index (χ4v) is 3.87. The number of aromatic hydroxyl groups is 2. The van der Waals surface area contributed by atoms with Crippen molar-refractivity contribution in [3.8, 4) is 22.8 Å². The van der Waals surface area contributed by atoms with Gasteiger partial charge in [-0.2, -0.15) is 0 Å². The van der Waals surface area contributed by atoms with E-state index in [-0.39, 0.29) is 17.9 Å². The van der Waals surface area contributed by atoms with Gasteiger partial charge in [0.25, 0.3) is 0 Å². The van der Waals surface area contributed by atoms with Gasteiger partial charge in [0, 0.05) is 22.4 Å². The third kappa shape index (κ3) is 4.28. The summed E-state index contributed by atoms with van der Waals surface area (Å²) in [4.78, 5) is 18.6. The van der Waals surface area contributed by atoms with E-state index in [0.717, 1.165) is 10.0 Å². The number of phenolic OH excluding ortho intramolecular Hbond substituents is 2. The van der Waals surface area contributed by atoms with E-state index < -0.39 is 5.97 Å². The maximum Gasteiger partial charge on any atom is 0.305 e. The van der Waals surface area contributed by atoms with Crippen LogP contribution in [0.4, 0.5) is 5.13 Å². The average Bonchev–Trinajstić information content (AvgIpc) is 3.25. The Morgan fingerprint density at radius 1 is 1.16 bits per heavy atom. The maximum absolute atomic E-state index is 10.9. The fourth-order valence-electron chi connectivity index (χ4n) is 2.29. The summed E-state index contributed by atoms with van der Waals surface area (Å²) in [6, 6.07) is 8.51. The van der Waals surface area contributed by atoms with Crippen LogP contribution in [-0.4, -0.2) is 32.8 Å². The van der Waals surface area contributed by atoms with Gasteiger partial charge in [0.1, 0.15) is 0 Å². The molecule has 25 heavy (non-hydrogen) atoms. The van der Waals surface area contributed by atoms with E-state index in [0.29, 0.717) is 24.3 Å². The molecule has 0 saturated carbocycles. The lowest BCUT2D eigenvalue weighted by Gasteiger charge is -2.20. The zero-order valence-corrected chi connectivity index (χ0v) is 14.8. The first kappa shape index (κ1) is 17.2. The highest BCUT2D eigenvalue weighted by molar-refractivity contribution is 7.14. The predicted molar refractivity (Wildman–Crippen MR) is 98.5 cm³/mol.